The zero-order valence-electron chi connectivity index (χ0n) is 14.6. The SMILES string of the molecule is CN=C(NCCn1ccnc1C)N1CCC(Oc2ccccn2)C1.I. The Morgan fingerprint density at radius 3 is 2.92 bits per heavy atom. The van der Waals surface area contributed by atoms with E-state index in [4.69, 9.17) is 4.74 Å². The van der Waals surface area contributed by atoms with Crippen molar-refractivity contribution in [3.05, 3.63) is 42.6 Å². The van der Waals surface area contributed by atoms with Crippen LogP contribution >= 0.6 is 24.0 Å². The van der Waals surface area contributed by atoms with Crippen LogP contribution in [-0.2, 0) is 6.54 Å². The summed E-state index contributed by atoms with van der Waals surface area (Å²) in [4.78, 5) is 15.1. The fourth-order valence-corrected chi connectivity index (χ4v) is 2.86. The van der Waals surface area contributed by atoms with Crippen molar-refractivity contribution < 1.29 is 4.74 Å². The second kappa shape index (κ2) is 9.59. The zero-order valence-corrected chi connectivity index (χ0v) is 17.0. The van der Waals surface area contributed by atoms with E-state index in [0.717, 1.165) is 44.4 Å². The van der Waals surface area contributed by atoms with Crippen LogP contribution < -0.4 is 10.1 Å². The average Bonchev–Trinajstić information content (AvgIpc) is 3.22. The van der Waals surface area contributed by atoms with Crippen LogP contribution in [0.15, 0.2) is 41.8 Å². The van der Waals surface area contributed by atoms with Gasteiger partial charge in [0.15, 0.2) is 5.96 Å². The van der Waals surface area contributed by atoms with Crippen LogP contribution in [0.1, 0.15) is 12.2 Å². The van der Waals surface area contributed by atoms with E-state index in [1.165, 1.54) is 0 Å². The van der Waals surface area contributed by atoms with Gasteiger partial charge in [-0.25, -0.2) is 9.97 Å². The number of pyridine rings is 1. The highest BCUT2D eigenvalue weighted by molar-refractivity contribution is 14.0. The molecule has 2 aromatic rings. The van der Waals surface area contributed by atoms with Crippen LogP contribution in [0.3, 0.4) is 0 Å². The van der Waals surface area contributed by atoms with Crippen LogP contribution in [-0.4, -0.2) is 58.2 Å². The molecular formula is C17H25IN6O. The van der Waals surface area contributed by atoms with Gasteiger partial charge < -0.3 is 19.5 Å². The van der Waals surface area contributed by atoms with E-state index in [1.807, 2.05) is 44.6 Å². The molecule has 2 aromatic heterocycles. The molecule has 136 valence electrons. The summed E-state index contributed by atoms with van der Waals surface area (Å²) in [5, 5.41) is 3.42. The van der Waals surface area contributed by atoms with E-state index in [0.29, 0.717) is 5.88 Å². The first-order valence-corrected chi connectivity index (χ1v) is 8.27. The molecule has 0 spiro atoms. The van der Waals surface area contributed by atoms with Crippen molar-refractivity contribution >= 4 is 29.9 Å². The second-order valence-corrected chi connectivity index (χ2v) is 5.78. The van der Waals surface area contributed by atoms with Gasteiger partial charge in [0.05, 0.1) is 6.54 Å². The number of nitrogens with one attached hydrogen (secondary N) is 1. The molecular weight excluding hydrogens is 431 g/mol. The van der Waals surface area contributed by atoms with Crippen molar-refractivity contribution in [2.75, 3.05) is 26.7 Å². The normalized spacial score (nSPS) is 17.3. The summed E-state index contributed by atoms with van der Waals surface area (Å²) in [5.74, 6) is 2.62. The number of hydrogen-bond acceptors (Lipinski definition) is 4. The number of guanidine groups is 1. The predicted octanol–water partition coefficient (Wildman–Crippen LogP) is 1.93. The van der Waals surface area contributed by atoms with Crippen LogP contribution in [0, 0.1) is 6.92 Å². The lowest BCUT2D eigenvalue weighted by atomic mass is 10.3. The fraction of sp³-hybridized carbons (Fsp3) is 0.471. The van der Waals surface area contributed by atoms with Crippen LogP contribution in [0.2, 0.25) is 0 Å². The lowest BCUT2D eigenvalue weighted by Gasteiger charge is -2.21. The van der Waals surface area contributed by atoms with Gasteiger partial charge in [-0.05, 0) is 13.0 Å². The third kappa shape index (κ3) is 5.32. The summed E-state index contributed by atoms with van der Waals surface area (Å²) in [6, 6.07) is 5.72. The predicted molar refractivity (Wildman–Crippen MR) is 109 cm³/mol. The summed E-state index contributed by atoms with van der Waals surface area (Å²) >= 11 is 0. The van der Waals surface area contributed by atoms with E-state index < -0.39 is 0 Å². The zero-order chi connectivity index (χ0) is 16.8. The van der Waals surface area contributed by atoms with E-state index >= 15 is 0 Å². The highest BCUT2D eigenvalue weighted by Crippen LogP contribution is 2.16. The van der Waals surface area contributed by atoms with Crippen molar-refractivity contribution in [3.8, 4) is 5.88 Å². The van der Waals surface area contributed by atoms with Gasteiger partial charge in [-0.1, -0.05) is 6.07 Å². The van der Waals surface area contributed by atoms with Gasteiger partial charge in [-0.15, -0.1) is 24.0 Å². The maximum absolute atomic E-state index is 5.93. The van der Waals surface area contributed by atoms with Gasteiger partial charge >= 0.3 is 0 Å². The standard InChI is InChI=1S/C17H24N6O.HI/c1-14-19-8-11-22(14)12-9-21-17(18-2)23-10-6-15(13-23)24-16-5-3-4-7-20-16;/h3-5,7-8,11,15H,6,9-10,12-13H2,1-2H3,(H,18,21);1H. The highest BCUT2D eigenvalue weighted by atomic mass is 127. The molecule has 25 heavy (non-hydrogen) atoms. The molecule has 7 nitrogen and oxygen atoms in total. The Bertz CT molecular complexity index is 675. The van der Waals surface area contributed by atoms with E-state index in [9.17, 15) is 0 Å². The molecule has 0 aromatic carbocycles. The molecule has 0 radical (unpaired) electrons. The molecule has 0 aliphatic carbocycles. The second-order valence-electron chi connectivity index (χ2n) is 5.78. The van der Waals surface area contributed by atoms with E-state index in [2.05, 4.69) is 29.7 Å². The Labute approximate surface area is 165 Å². The molecule has 1 atom stereocenters. The number of nitrogens with zero attached hydrogens (tertiary/aromatic N) is 5. The minimum Gasteiger partial charge on any atom is -0.472 e. The number of aryl methyl sites for hydroxylation is 1. The molecule has 3 rings (SSSR count). The summed E-state index contributed by atoms with van der Waals surface area (Å²) in [7, 11) is 1.82. The van der Waals surface area contributed by atoms with Crippen molar-refractivity contribution in [1.82, 2.24) is 24.8 Å². The highest BCUT2D eigenvalue weighted by Gasteiger charge is 2.26. The maximum atomic E-state index is 5.93. The lowest BCUT2D eigenvalue weighted by molar-refractivity contribution is 0.205. The Balaban J connectivity index is 0.00000225. The summed E-state index contributed by atoms with van der Waals surface area (Å²) in [6.45, 7) is 5.44. The van der Waals surface area contributed by atoms with Crippen molar-refractivity contribution in [2.45, 2.75) is 26.0 Å². The van der Waals surface area contributed by atoms with Crippen LogP contribution in [0.5, 0.6) is 5.88 Å². The third-order valence-corrected chi connectivity index (χ3v) is 4.14. The first-order chi connectivity index (χ1) is 11.8. The van der Waals surface area contributed by atoms with Gasteiger partial charge in [-0.3, -0.25) is 4.99 Å². The van der Waals surface area contributed by atoms with Crippen LogP contribution in [0.25, 0.3) is 0 Å². The monoisotopic (exact) mass is 456 g/mol. The van der Waals surface area contributed by atoms with E-state index in [-0.39, 0.29) is 30.1 Å². The molecule has 0 saturated carbocycles. The topological polar surface area (TPSA) is 67.6 Å². The number of aromatic nitrogens is 3. The Morgan fingerprint density at radius 1 is 1.36 bits per heavy atom. The largest absolute Gasteiger partial charge is 0.472 e. The molecule has 0 amide bonds. The van der Waals surface area contributed by atoms with Gasteiger partial charge in [0, 0.05) is 57.8 Å². The Kier molecular flexibility index (Phi) is 7.48. The number of halogens is 1. The van der Waals surface area contributed by atoms with Gasteiger partial charge in [-0.2, -0.15) is 0 Å². The van der Waals surface area contributed by atoms with Crippen molar-refractivity contribution in [1.29, 1.82) is 0 Å². The number of likely N-dealkylation sites (tertiary alicyclic amines) is 1. The van der Waals surface area contributed by atoms with Gasteiger partial charge in [0.25, 0.3) is 0 Å². The van der Waals surface area contributed by atoms with Crippen molar-refractivity contribution in [2.24, 2.45) is 4.99 Å². The fourth-order valence-electron chi connectivity index (χ4n) is 2.86. The summed E-state index contributed by atoms with van der Waals surface area (Å²) in [6.07, 6.45) is 6.68. The molecule has 1 aliphatic heterocycles. The minimum atomic E-state index is 0. The lowest BCUT2D eigenvalue weighted by Crippen LogP contribution is -2.42. The molecule has 1 unspecified atom stereocenters. The van der Waals surface area contributed by atoms with E-state index in [1.54, 1.807) is 6.20 Å². The third-order valence-electron chi connectivity index (χ3n) is 4.14. The van der Waals surface area contributed by atoms with Gasteiger partial charge in [0.2, 0.25) is 5.88 Å². The molecule has 1 aliphatic rings. The number of ether oxygens (including phenoxy) is 1. The number of aliphatic imine (C=N–C) groups is 1. The minimum absolute atomic E-state index is 0. The van der Waals surface area contributed by atoms with Crippen molar-refractivity contribution in [3.63, 3.8) is 0 Å². The molecule has 3 heterocycles. The first kappa shape index (κ1) is 19.5. The smallest absolute Gasteiger partial charge is 0.213 e. The maximum Gasteiger partial charge on any atom is 0.213 e. The molecule has 0 bridgehead atoms. The molecule has 1 N–H and O–H groups in total. The summed E-state index contributed by atoms with van der Waals surface area (Å²) < 4.78 is 8.05. The quantitative estimate of drug-likeness (QED) is 0.423. The Morgan fingerprint density at radius 2 is 2.24 bits per heavy atom. The Hall–Kier alpha value is -1.84. The van der Waals surface area contributed by atoms with Gasteiger partial charge in [0.1, 0.15) is 11.9 Å². The number of imidazole rings is 1. The average molecular weight is 456 g/mol. The first-order valence-electron chi connectivity index (χ1n) is 8.27. The molecule has 1 fully saturated rings. The summed E-state index contributed by atoms with van der Waals surface area (Å²) in [5.41, 5.74) is 0. The number of rotatable bonds is 5. The molecule has 1 saturated heterocycles. The number of hydrogen-bond donors (Lipinski definition) is 1. The molecule has 8 heteroatoms. The van der Waals surface area contributed by atoms with Crippen LogP contribution in [0.4, 0.5) is 0 Å².